The molecule has 94 valence electrons. The zero-order valence-electron chi connectivity index (χ0n) is 10.1. The minimum atomic E-state index is -0.0384. The van der Waals surface area contributed by atoms with Gasteiger partial charge in [0.1, 0.15) is 0 Å². The maximum Gasteiger partial charge on any atom is 0.251 e. The topological polar surface area (TPSA) is 54.0 Å². The summed E-state index contributed by atoms with van der Waals surface area (Å²) in [5.74, 6) is -0.0384. The molecule has 0 saturated heterocycles. The second-order valence-electron chi connectivity index (χ2n) is 3.77. The van der Waals surface area contributed by atoms with Crippen LogP contribution in [0.1, 0.15) is 23.0 Å². The van der Waals surface area contributed by atoms with Crippen molar-refractivity contribution in [2.24, 2.45) is 0 Å². The van der Waals surface area contributed by atoms with Gasteiger partial charge >= 0.3 is 0 Å². The van der Waals surface area contributed by atoms with Crippen LogP contribution in [0.15, 0.2) is 35.2 Å². The summed E-state index contributed by atoms with van der Waals surface area (Å²) >= 11 is 1.58. The van der Waals surface area contributed by atoms with Gasteiger partial charge in [0, 0.05) is 23.2 Å². The maximum absolute atomic E-state index is 11.6. The average molecular weight is 261 g/mol. The third kappa shape index (κ3) is 3.30. The summed E-state index contributed by atoms with van der Waals surface area (Å²) in [4.78, 5) is 15.8. The van der Waals surface area contributed by atoms with Crippen LogP contribution in [0.5, 0.6) is 0 Å². The fourth-order valence-electron chi connectivity index (χ4n) is 1.52. The van der Waals surface area contributed by atoms with Crippen molar-refractivity contribution >= 4 is 22.9 Å². The van der Waals surface area contributed by atoms with E-state index in [-0.39, 0.29) is 5.91 Å². The summed E-state index contributed by atoms with van der Waals surface area (Å²) in [6.45, 7) is 3.24. The first kappa shape index (κ1) is 12.6. The third-order valence-electron chi connectivity index (χ3n) is 2.44. The monoisotopic (exact) mass is 261 g/mol. The summed E-state index contributed by atoms with van der Waals surface area (Å²) in [7, 11) is 0. The van der Waals surface area contributed by atoms with Crippen molar-refractivity contribution < 1.29 is 4.79 Å². The minimum Gasteiger partial charge on any atom is -0.379 e. The normalized spacial score (nSPS) is 10.1. The highest BCUT2D eigenvalue weighted by atomic mass is 32.1. The Kier molecular flexibility index (Phi) is 4.30. The molecule has 5 heteroatoms. The van der Waals surface area contributed by atoms with Crippen molar-refractivity contribution in [3.05, 3.63) is 46.4 Å². The molecule has 0 spiro atoms. The van der Waals surface area contributed by atoms with Gasteiger partial charge in [-0.15, -0.1) is 11.3 Å². The third-order valence-corrected chi connectivity index (χ3v) is 3.08. The Morgan fingerprint density at radius 1 is 1.33 bits per heavy atom. The molecule has 0 bridgehead atoms. The first-order valence-electron chi connectivity index (χ1n) is 5.79. The largest absolute Gasteiger partial charge is 0.379 e. The Morgan fingerprint density at radius 2 is 2.11 bits per heavy atom. The van der Waals surface area contributed by atoms with Crippen LogP contribution < -0.4 is 10.6 Å². The molecule has 1 amide bonds. The van der Waals surface area contributed by atoms with Crippen LogP contribution in [0.2, 0.25) is 0 Å². The van der Waals surface area contributed by atoms with E-state index >= 15 is 0 Å². The van der Waals surface area contributed by atoms with Crippen LogP contribution >= 0.6 is 11.3 Å². The molecule has 1 aromatic carbocycles. The Labute approximate surface area is 110 Å². The van der Waals surface area contributed by atoms with Gasteiger partial charge in [-0.05, 0) is 31.2 Å². The number of anilines is 1. The molecule has 0 aliphatic carbocycles. The molecule has 2 rings (SSSR count). The average Bonchev–Trinajstić information content (AvgIpc) is 2.90. The number of carbonyl (C=O) groups excluding carboxylic acids is 1. The molecule has 18 heavy (non-hydrogen) atoms. The second kappa shape index (κ2) is 6.16. The maximum atomic E-state index is 11.6. The van der Waals surface area contributed by atoms with E-state index < -0.39 is 0 Å². The van der Waals surface area contributed by atoms with E-state index in [1.165, 1.54) is 0 Å². The van der Waals surface area contributed by atoms with E-state index in [1.54, 1.807) is 11.3 Å². The van der Waals surface area contributed by atoms with Crippen molar-refractivity contribution in [2.75, 3.05) is 11.9 Å². The first-order valence-corrected chi connectivity index (χ1v) is 6.73. The fraction of sp³-hybridized carbons (Fsp3) is 0.231. The van der Waals surface area contributed by atoms with Crippen molar-refractivity contribution in [3.63, 3.8) is 0 Å². The fourth-order valence-corrected chi connectivity index (χ4v) is 2.08. The van der Waals surface area contributed by atoms with Crippen molar-refractivity contribution in [1.29, 1.82) is 0 Å². The number of hydrogen-bond donors (Lipinski definition) is 2. The Morgan fingerprint density at radius 3 is 2.72 bits per heavy atom. The predicted molar refractivity (Wildman–Crippen MR) is 73.9 cm³/mol. The summed E-state index contributed by atoms with van der Waals surface area (Å²) in [5.41, 5.74) is 4.50. The molecular formula is C13H15N3OS. The van der Waals surface area contributed by atoms with Gasteiger partial charge in [0.05, 0.1) is 17.7 Å². The first-order chi connectivity index (χ1) is 8.79. The number of rotatable bonds is 5. The highest BCUT2D eigenvalue weighted by Crippen LogP contribution is 2.11. The van der Waals surface area contributed by atoms with E-state index in [0.717, 1.165) is 11.4 Å². The van der Waals surface area contributed by atoms with Gasteiger partial charge in [-0.3, -0.25) is 4.79 Å². The van der Waals surface area contributed by atoms with Gasteiger partial charge in [0.15, 0.2) is 0 Å². The molecule has 0 unspecified atom stereocenters. The molecule has 0 aliphatic rings. The van der Waals surface area contributed by atoms with Crippen LogP contribution in [-0.2, 0) is 6.54 Å². The summed E-state index contributed by atoms with van der Waals surface area (Å²) in [6.07, 6.45) is 0. The molecule has 2 N–H and O–H groups in total. The lowest BCUT2D eigenvalue weighted by molar-refractivity contribution is 0.0956. The van der Waals surface area contributed by atoms with Gasteiger partial charge in [0.25, 0.3) is 5.91 Å². The standard InChI is InChI=1S/C13H15N3OS/c1-2-14-13(17)10-3-5-11(6-4-10)15-7-12-8-18-9-16-12/h3-6,8-9,15H,2,7H2,1H3,(H,14,17). The molecule has 0 atom stereocenters. The minimum absolute atomic E-state index is 0.0384. The highest BCUT2D eigenvalue weighted by Gasteiger charge is 2.03. The Balaban J connectivity index is 1.93. The lowest BCUT2D eigenvalue weighted by Crippen LogP contribution is -2.22. The number of nitrogens with zero attached hydrogens (tertiary/aromatic N) is 1. The molecule has 2 aromatic rings. The lowest BCUT2D eigenvalue weighted by atomic mass is 10.2. The second-order valence-corrected chi connectivity index (χ2v) is 4.49. The van der Waals surface area contributed by atoms with Crippen LogP contribution in [-0.4, -0.2) is 17.4 Å². The van der Waals surface area contributed by atoms with Gasteiger partial charge in [-0.25, -0.2) is 4.98 Å². The molecule has 0 aliphatic heterocycles. The SMILES string of the molecule is CCNC(=O)c1ccc(NCc2cscn2)cc1. The van der Waals surface area contributed by atoms with E-state index in [0.29, 0.717) is 18.7 Å². The number of nitrogens with one attached hydrogen (secondary N) is 2. The number of aromatic nitrogens is 1. The number of thiazole rings is 1. The highest BCUT2D eigenvalue weighted by molar-refractivity contribution is 7.07. The van der Waals surface area contributed by atoms with E-state index in [4.69, 9.17) is 0 Å². The Hall–Kier alpha value is -1.88. The van der Waals surface area contributed by atoms with Gasteiger partial charge in [0.2, 0.25) is 0 Å². The van der Waals surface area contributed by atoms with Gasteiger partial charge < -0.3 is 10.6 Å². The number of benzene rings is 1. The van der Waals surface area contributed by atoms with Crippen LogP contribution in [0.4, 0.5) is 5.69 Å². The van der Waals surface area contributed by atoms with Crippen molar-refractivity contribution in [3.8, 4) is 0 Å². The molecule has 0 saturated carbocycles. The van der Waals surface area contributed by atoms with E-state index in [1.807, 2.05) is 42.1 Å². The number of carbonyl (C=O) groups is 1. The lowest BCUT2D eigenvalue weighted by Gasteiger charge is -2.06. The van der Waals surface area contributed by atoms with Crippen LogP contribution in [0.25, 0.3) is 0 Å². The summed E-state index contributed by atoms with van der Waals surface area (Å²) < 4.78 is 0. The molecular weight excluding hydrogens is 246 g/mol. The molecule has 1 heterocycles. The van der Waals surface area contributed by atoms with Crippen LogP contribution in [0, 0.1) is 0 Å². The number of hydrogen-bond acceptors (Lipinski definition) is 4. The van der Waals surface area contributed by atoms with Crippen molar-refractivity contribution in [1.82, 2.24) is 10.3 Å². The van der Waals surface area contributed by atoms with E-state index in [2.05, 4.69) is 15.6 Å². The quantitative estimate of drug-likeness (QED) is 0.869. The molecule has 4 nitrogen and oxygen atoms in total. The van der Waals surface area contributed by atoms with Gasteiger partial charge in [-0.1, -0.05) is 0 Å². The zero-order valence-corrected chi connectivity index (χ0v) is 11.0. The Bertz CT molecular complexity index is 493. The predicted octanol–water partition coefficient (Wildman–Crippen LogP) is 2.50. The van der Waals surface area contributed by atoms with Crippen molar-refractivity contribution in [2.45, 2.75) is 13.5 Å². The summed E-state index contributed by atoms with van der Waals surface area (Å²) in [6, 6.07) is 7.43. The number of amides is 1. The van der Waals surface area contributed by atoms with Crippen LogP contribution in [0.3, 0.4) is 0 Å². The summed E-state index contributed by atoms with van der Waals surface area (Å²) in [5, 5.41) is 8.04. The van der Waals surface area contributed by atoms with E-state index in [9.17, 15) is 4.79 Å². The zero-order chi connectivity index (χ0) is 12.8. The molecule has 0 radical (unpaired) electrons. The van der Waals surface area contributed by atoms with Gasteiger partial charge in [-0.2, -0.15) is 0 Å². The molecule has 1 aromatic heterocycles. The smallest absolute Gasteiger partial charge is 0.251 e. The molecule has 0 fully saturated rings.